The Morgan fingerprint density at radius 3 is 2.93 bits per heavy atom. The normalized spacial score (nSPS) is 17.0. The maximum atomic E-state index is 12.9. The average molecular weight is 474 g/mol. The van der Waals surface area contributed by atoms with E-state index in [2.05, 4.69) is 41.2 Å². The lowest BCUT2D eigenvalue weighted by Gasteiger charge is -2.33. The van der Waals surface area contributed by atoms with Crippen LogP contribution in [0, 0.1) is 0 Å². The second-order valence-corrected chi connectivity index (χ2v) is 8.63. The Kier molecular flexibility index (Phi) is 5.61. The Bertz CT molecular complexity index is 1150. The number of carbonyl (C=O) groups is 1. The van der Waals surface area contributed by atoms with Gasteiger partial charge in [0.15, 0.2) is 0 Å². The molecular formula is C20H24BrN7O2. The molecule has 4 rings (SSSR count). The molecule has 9 nitrogen and oxygen atoms in total. The Balaban J connectivity index is 1.72. The van der Waals surface area contributed by atoms with Crippen LogP contribution < -0.4 is 21.5 Å². The van der Waals surface area contributed by atoms with E-state index in [-0.39, 0.29) is 23.3 Å². The van der Waals surface area contributed by atoms with E-state index >= 15 is 0 Å². The van der Waals surface area contributed by atoms with E-state index < -0.39 is 5.91 Å². The van der Waals surface area contributed by atoms with Gasteiger partial charge in [-0.05, 0) is 48.7 Å². The van der Waals surface area contributed by atoms with Crippen LogP contribution in [0.25, 0.3) is 11.0 Å². The van der Waals surface area contributed by atoms with E-state index in [4.69, 9.17) is 5.73 Å². The molecule has 3 aromatic heterocycles. The molecule has 1 saturated heterocycles. The maximum absolute atomic E-state index is 12.9. The van der Waals surface area contributed by atoms with Crippen molar-refractivity contribution >= 4 is 44.2 Å². The summed E-state index contributed by atoms with van der Waals surface area (Å²) < 4.78 is 2.13. The summed E-state index contributed by atoms with van der Waals surface area (Å²) >= 11 is 3.61. The molecule has 0 unspecified atom stereocenters. The summed E-state index contributed by atoms with van der Waals surface area (Å²) in [4.78, 5) is 34.6. The van der Waals surface area contributed by atoms with Crippen molar-refractivity contribution in [3.63, 3.8) is 0 Å². The molecule has 4 N–H and O–H groups in total. The molecule has 0 aromatic carbocycles. The SMILES string of the molecule is CC(C)n1nc(C(=O)Nc2c[nH]c3ncc(Br)c(N4CCC[C@@H](N)C4)c23)ccc1=O. The third kappa shape index (κ3) is 3.84. The minimum Gasteiger partial charge on any atom is -0.368 e. The number of nitrogens with zero attached hydrogens (tertiary/aromatic N) is 4. The van der Waals surface area contributed by atoms with Gasteiger partial charge in [0.1, 0.15) is 11.3 Å². The van der Waals surface area contributed by atoms with Crippen molar-refractivity contribution in [3.8, 4) is 0 Å². The second-order valence-electron chi connectivity index (χ2n) is 7.78. The molecule has 4 heterocycles. The molecule has 0 aliphatic carbocycles. The zero-order valence-electron chi connectivity index (χ0n) is 16.9. The lowest BCUT2D eigenvalue weighted by Crippen LogP contribution is -2.43. The summed E-state index contributed by atoms with van der Waals surface area (Å²) in [6, 6.07) is 2.75. The van der Waals surface area contributed by atoms with Crippen LogP contribution in [0.15, 0.2) is 33.8 Å². The summed E-state index contributed by atoms with van der Waals surface area (Å²) in [7, 11) is 0. The van der Waals surface area contributed by atoms with E-state index in [9.17, 15) is 9.59 Å². The van der Waals surface area contributed by atoms with Crippen LogP contribution in [0.5, 0.6) is 0 Å². The van der Waals surface area contributed by atoms with Crippen LogP contribution in [0.4, 0.5) is 11.4 Å². The van der Waals surface area contributed by atoms with Gasteiger partial charge in [-0.3, -0.25) is 9.59 Å². The maximum Gasteiger partial charge on any atom is 0.276 e. The first kappa shape index (κ1) is 20.5. The number of nitrogens with two attached hydrogens (primary N) is 1. The molecule has 1 aliphatic rings. The predicted molar refractivity (Wildman–Crippen MR) is 120 cm³/mol. The molecule has 1 atom stereocenters. The molecule has 1 fully saturated rings. The third-order valence-corrected chi connectivity index (χ3v) is 5.78. The zero-order chi connectivity index (χ0) is 21.4. The van der Waals surface area contributed by atoms with E-state index in [1.54, 1.807) is 12.4 Å². The molecular weight excluding hydrogens is 450 g/mol. The minimum absolute atomic E-state index is 0.104. The van der Waals surface area contributed by atoms with Crippen LogP contribution >= 0.6 is 15.9 Å². The van der Waals surface area contributed by atoms with E-state index in [1.165, 1.54) is 16.8 Å². The number of anilines is 2. The molecule has 0 bridgehead atoms. The Labute approximate surface area is 181 Å². The van der Waals surface area contributed by atoms with Gasteiger partial charge in [-0.25, -0.2) is 9.67 Å². The number of piperidine rings is 1. The number of nitrogens with one attached hydrogen (secondary N) is 2. The summed E-state index contributed by atoms with van der Waals surface area (Å²) in [5, 5.41) is 7.93. The standard InChI is InChI=1S/C20H24BrN7O2/c1-11(2)28-16(29)6-5-14(26-28)20(30)25-15-9-24-19-17(15)18(13(21)8-23-19)27-7-3-4-12(22)10-27/h5-6,8-9,11-12H,3-4,7,10,22H2,1-2H3,(H,23,24)(H,25,30)/t12-/m1/s1. The highest BCUT2D eigenvalue weighted by Crippen LogP contribution is 2.38. The number of rotatable bonds is 4. The van der Waals surface area contributed by atoms with Crippen LogP contribution in [-0.4, -0.2) is 44.8 Å². The highest BCUT2D eigenvalue weighted by molar-refractivity contribution is 9.10. The van der Waals surface area contributed by atoms with Crippen molar-refractivity contribution in [2.24, 2.45) is 5.73 Å². The molecule has 10 heteroatoms. The number of hydrogen-bond donors (Lipinski definition) is 3. The van der Waals surface area contributed by atoms with Gasteiger partial charge in [-0.2, -0.15) is 5.10 Å². The molecule has 0 spiro atoms. The van der Waals surface area contributed by atoms with Crippen molar-refractivity contribution < 1.29 is 4.79 Å². The fourth-order valence-electron chi connectivity index (χ4n) is 3.78. The number of aromatic nitrogens is 4. The first-order valence-corrected chi connectivity index (χ1v) is 10.7. The number of hydrogen-bond acceptors (Lipinski definition) is 6. The first-order valence-electron chi connectivity index (χ1n) is 9.92. The van der Waals surface area contributed by atoms with Gasteiger partial charge < -0.3 is 20.9 Å². The molecule has 158 valence electrons. The number of halogens is 1. The van der Waals surface area contributed by atoms with Crippen molar-refractivity contribution in [2.75, 3.05) is 23.3 Å². The Morgan fingerprint density at radius 1 is 1.40 bits per heavy atom. The number of carbonyl (C=O) groups excluding carboxylic acids is 1. The average Bonchev–Trinajstić information content (AvgIpc) is 3.10. The fourth-order valence-corrected chi connectivity index (χ4v) is 4.33. The van der Waals surface area contributed by atoms with Gasteiger partial charge in [0.05, 0.1) is 27.3 Å². The summed E-state index contributed by atoms with van der Waals surface area (Å²) in [6.45, 7) is 5.30. The number of H-pyrrole nitrogens is 1. The van der Waals surface area contributed by atoms with Gasteiger partial charge >= 0.3 is 0 Å². The molecule has 1 aliphatic heterocycles. The number of aromatic amines is 1. The van der Waals surface area contributed by atoms with Crippen molar-refractivity contribution in [2.45, 2.75) is 38.8 Å². The lowest BCUT2D eigenvalue weighted by atomic mass is 10.1. The van der Waals surface area contributed by atoms with Crippen LogP contribution in [0.3, 0.4) is 0 Å². The number of pyridine rings is 1. The largest absolute Gasteiger partial charge is 0.368 e. The quantitative estimate of drug-likeness (QED) is 0.535. The number of amides is 1. The van der Waals surface area contributed by atoms with Gasteiger partial charge in [-0.1, -0.05) is 0 Å². The van der Waals surface area contributed by atoms with E-state index in [0.717, 1.165) is 41.5 Å². The molecule has 30 heavy (non-hydrogen) atoms. The summed E-state index contributed by atoms with van der Waals surface area (Å²) in [5.74, 6) is -0.397. The second kappa shape index (κ2) is 8.19. The minimum atomic E-state index is -0.397. The lowest BCUT2D eigenvalue weighted by molar-refractivity contribution is 0.101. The Hall–Kier alpha value is -2.72. The van der Waals surface area contributed by atoms with Gasteiger partial charge in [0, 0.05) is 37.6 Å². The predicted octanol–water partition coefficient (Wildman–Crippen LogP) is 2.64. The van der Waals surface area contributed by atoms with Crippen LogP contribution in [0.2, 0.25) is 0 Å². The fraction of sp³-hybridized carbons (Fsp3) is 0.400. The molecule has 0 saturated carbocycles. The first-order chi connectivity index (χ1) is 14.3. The van der Waals surface area contributed by atoms with Gasteiger partial charge in [-0.15, -0.1) is 0 Å². The van der Waals surface area contributed by atoms with Crippen molar-refractivity contribution in [3.05, 3.63) is 45.0 Å². The van der Waals surface area contributed by atoms with Gasteiger partial charge in [0.25, 0.3) is 11.5 Å². The molecule has 0 radical (unpaired) electrons. The highest BCUT2D eigenvalue weighted by atomic mass is 79.9. The monoisotopic (exact) mass is 473 g/mol. The topological polar surface area (TPSA) is 122 Å². The Morgan fingerprint density at radius 2 is 2.20 bits per heavy atom. The molecule has 1 amide bonds. The summed E-state index contributed by atoms with van der Waals surface area (Å²) in [6.07, 6.45) is 5.47. The zero-order valence-corrected chi connectivity index (χ0v) is 18.4. The smallest absolute Gasteiger partial charge is 0.276 e. The van der Waals surface area contributed by atoms with E-state index in [0.29, 0.717) is 11.3 Å². The highest BCUT2D eigenvalue weighted by Gasteiger charge is 2.24. The van der Waals surface area contributed by atoms with Crippen LogP contribution in [0.1, 0.15) is 43.2 Å². The van der Waals surface area contributed by atoms with E-state index in [1.807, 2.05) is 13.8 Å². The van der Waals surface area contributed by atoms with Crippen molar-refractivity contribution in [1.82, 2.24) is 19.7 Å². The van der Waals surface area contributed by atoms with Gasteiger partial charge in [0.2, 0.25) is 0 Å². The number of fused-ring (bicyclic) bond motifs is 1. The summed E-state index contributed by atoms with van der Waals surface area (Å²) in [5.41, 5.74) is 8.33. The van der Waals surface area contributed by atoms with Crippen molar-refractivity contribution in [1.29, 1.82) is 0 Å². The molecule has 3 aromatic rings. The third-order valence-electron chi connectivity index (χ3n) is 5.20. The van der Waals surface area contributed by atoms with Crippen LogP contribution in [-0.2, 0) is 0 Å².